The van der Waals surface area contributed by atoms with Gasteiger partial charge in [0.25, 0.3) is 0 Å². The zero-order valence-electron chi connectivity index (χ0n) is 17.8. The van der Waals surface area contributed by atoms with Crippen molar-refractivity contribution in [2.24, 2.45) is 11.3 Å². The number of hydrogen-bond donors (Lipinski definition) is 0. The topological polar surface area (TPSA) is 3.24 Å². The molecule has 1 aliphatic heterocycles. The lowest BCUT2D eigenvalue weighted by Gasteiger charge is -2.36. The van der Waals surface area contributed by atoms with Gasteiger partial charge in [0.05, 0.1) is 0 Å². The fraction of sp³-hybridized carbons (Fsp3) is 0.538. The Morgan fingerprint density at radius 3 is 1.81 bits per heavy atom. The second kappa shape index (κ2) is 9.06. The molecule has 0 amide bonds. The summed E-state index contributed by atoms with van der Waals surface area (Å²) >= 11 is 0. The van der Waals surface area contributed by atoms with E-state index in [1.54, 1.807) is 0 Å². The summed E-state index contributed by atoms with van der Waals surface area (Å²) in [7, 11) is 0. The maximum atomic E-state index is 2.66. The molecule has 1 aliphatic rings. The van der Waals surface area contributed by atoms with Gasteiger partial charge < -0.3 is 4.90 Å². The SMILES string of the molecule is CCc1ccc(-c2ccc(CCC3CCN(CC(C)(C)C)CC3)cc2)cc1. The van der Waals surface area contributed by atoms with Crippen molar-refractivity contribution >= 4 is 0 Å². The summed E-state index contributed by atoms with van der Waals surface area (Å²) in [5.41, 5.74) is 5.97. The third-order valence-electron chi connectivity index (χ3n) is 5.90. The van der Waals surface area contributed by atoms with E-state index >= 15 is 0 Å². The molecule has 1 saturated heterocycles. The molecule has 3 rings (SSSR count). The van der Waals surface area contributed by atoms with Crippen LogP contribution in [0.5, 0.6) is 0 Å². The fourth-order valence-corrected chi connectivity index (χ4v) is 4.27. The van der Waals surface area contributed by atoms with Crippen LogP contribution in [-0.2, 0) is 12.8 Å². The smallest absolute Gasteiger partial charge is 0.00300 e. The van der Waals surface area contributed by atoms with Crippen LogP contribution in [0.15, 0.2) is 48.5 Å². The predicted octanol–water partition coefficient (Wildman–Crippen LogP) is 6.61. The maximum Gasteiger partial charge on any atom is 0.00300 e. The number of nitrogens with zero attached hydrogens (tertiary/aromatic N) is 1. The summed E-state index contributed by atoms with van der Waals surface area (Å²) in [6.07, 6.45) is 6.41. The summed E-state index contributed by atoms with van der Waals surface area (Å²) in [6, 6.07) is 18.2. The lowest BCUT2D eigenvalue weighted by molar-refractivity contribution is 0.133. The van der Waals surface area contributed by atoms with Crippen LogP contribution in [0.4, 0.5) is 0 Å². The number of benzene rings is 2. The van der Waals surface area contributed by atoms with Crippen LogP contribution < -0.4 is 0 Å². The lowest BCUT2D eigenvalue weighted by Crippen LogP contribution is -2.39. The van der Waals surface area contributed by atoms with Gasteiger partial charge in [0.15, 0.2) is 0 Å². The highest BCUT2D eigenvalue weighted by atomic mass is 15.1. The van der Waals surface area contributed by atoms with E-state index in [4.69, 9.17) is 0 Å². The van der Waals surface area contributed by atoms with Crippen LogP contribution in [0.25, 0.3) is 11.1 Å². The van der Waals surface area contributed by atoms with Crippen molar-refractivity contribution in [3.63, 3.8) is 0 Å². The normalized spacial score (nSPS) is 16.6. The van der Waals surface area contributed by atoms with Gasteiger partial charge in [0, 0.05) is 6.54 Å². The van der Waals surface area contributed by atoms with E-state index in [0.717, 1.165) is 12.3 Å². The van der Waals surface area contributed by atoms with Gasteiger partial charge in [-0.1, -0.05) is 76.2 Å². The van der Waals surface area contributed by atoms with Crippen molar-refractivity contribution in [1.29, 1.82) is 0 Å². The van der Waals surface area contributed by atoms with Crippen LogP contribution in [0.3, 0.4) is 0 Å². The molecule has 1 heterocycles. The van der Waals surface area contributed by atoms with Crippen molar-refractivity contribution in [2.75, 3.05) is 19.6 Å². The largest absolute Gasteiger partial charge is 0.303 e. The molecule has 146 valence electrons. The Kier molecular flexibility index (Phi) is 6.76. The average Bonchev–Trinajstić information content (AvgIpc) is 2.67. The molecule has 27 heavy (non-hydrogen) atoms. The quantitative estimate of drug-likeness (QED) is 0.558. The minimum absolute atomic E-state index is 0.422. The molecular formula is C26H37N. The number of likely N-dealkylation sites (tertiary alicyclic amines) is 1. The first kappa shape index (κ1) is 20.1. The minimum atomic E-state index is 0.422. The van der Waals surface area contributed by atoms with E-state index in [1.807, 2.05) is 0 Å². The molecule has 1 nitrogen and oxygen atoms in total. The predicted molar refractivity (Wildman–Crippen MR) is 118 cm³/mol. The number of rotatable bonds is 6. The van der Waals surface area contributed by atoms with Gasteiger partial charge in [0.2, 0.25) is 0 Å². The van der Waals surface area contributed by atoms with Crippen LogP contribution in [0.1, 0.15) is 58.1 Å². The first-order chi connectivity index (χ1) is 12.9. The Hall–Kier alpha value is -1.60. The highest BCUT2D eigenvalue weighted by Gasteiger charge is 2.22. The van der Waals surface area contributed by atoms with Crippen molar-refractivity contribution in [2.45, 2.75) is 59.8 Å². The molecule has 0 spiro atoms. The van der Waals surface area contributed by atoms with Gasteiger partial charge in [0.1, 0.15) is 0 Å². The Morgan fingerprint density at radius 1 is 0.815 bits per heavy atom. The molecule has 0 aromatic heterocycles. The van der Waals surface area contributed by atoms with Crippen LogP contribution in [0.2, 0.25) is 0 Å². The van der Waals surface area contributed by atoms with Gasteiger partial charge in [-0.3, -0.25) is 0 Å². The zero-order valence-corrected chi connectivity index (χ0v) is 17.8. The van der Waals surface area contributed by atoms with Crippen LogP contribution in [0, 0.1) is 11.3 Å². The number of hydrogen-bond acceptors (Lipinski definition) is 1. The molecule has 0 aliphatic carbocycles. The summed E-state index contributed by atoms with van der Waals surface area (Å²) in [5, 5.41) is 0. The summed E-state index contributed by atoms with van der Waals surface area (Å²) in [4.78, 5) is 2.66. The van der Waals surface area contributed by atoms with Crippen molar-refractivity contribution in [3.05, 3.63) is 59.7 Å². The van der Waals surface area contributed by atoms with Crippen LogP contribution in [-0.4, -0.2) is 24.5 Å². The number of piperidine rings is 1. The molecule has 0 radical (unpaired) electrons. The molecule has 1 fully saturated rings. The summed E-state index contributed by atoms with van der Waals surface area (Å²) in [5.74, 6) is 0.905. The van der Waals surface area contributed by atoms with Gasteiger partial charge in [-0.25, -0.2) is 0 Å². The average molecular weight is 364 g/mol. The summed E-state index contributed by atoms with van der Waals surface area (Å²) in [6.45, 7) is 13.1. The van der Waals surface area contributed by atoms with Gasteiger partial charge >= 0.3 is 0 Å². The van der Waals surface area contributed by atoms with E-state index in [0.29, 0.717) is 5.41 Å². The highest BCUT2D eigenvalue weighted by Crippen LogP contribution is 2.26. The van der Waals surface area contributed by atoms with Crippen molar-refractivity contribution in [1.82, 2.24) is 4.90 Å². The standard InChI is InChI=1S/C26H37N/c1-5-21-8-12-24(13-9-21)25-14-10-22(11-15-25)6-7-23-16-18-27(19-17-23)20-26(2,3)4/h8-15,23H,5-7,16-20H2,1-4H3. The second-order valence-electron chi connectivity index (χ2n) is 9.57. The molecular weight excluding hydrogens is 326 g/mol. The highest BCUT2D eigenvalue weighted by molar-refractivity contribution is 5.63. The zero-order chi connectivity index (χ0) is 19.3. The second-order valence-corrected chi connectivity index (χ2v) is 9.57. The van der Waals surface area contributed by atoms with E-state index < -0.39 is 0 Å². The van der Waals surface area contributed by atoms with Gasteiger partial charge in [-0.2, -0.15) is 0 Å². The van der Waals surface area contributed by atoms with E-state index in [-0.39, 0.29) is 0 Å². The van der Waals surface area contributed by atoms with Crippen LogP contribution >= 0.6 is 0 Å². The molecule has 1 heteroatoms. The third-order valence-corrected chi connectivity index (χ3v) is 5.90. The molecule has 2 aromatic rings. The van der Waals surface area contributed by atoms with Gasteiger partial charge in [-0.15, -0.1) is 0 Å². The van der Waals surface area contributed by atoms with E-state index in [2.05, 4.69) is 81.1 Å². The molecule has 0 bridgehead atoms. The summed E-state index contributed by atoms with van der Waals surface area (Å²) < 4.78 is 0. The Bertz CT molecular complexity index is 682. The number of aryl methyl sites for hydroxylation is 2. The third kappa shape index (κ3) is 6.21. The lowest BCUT2D eigenvalue weighted by atomic mass is 9.88. The first-order valence-electron chi connectivity index (χ1n) is 10.8. The molecule has 0 unspecified atom stereocenters. The monoisotopic (exact) mass is 363 g/mol. The maximum absolute atomic E-state index is 2.66. The van der Waals surface area contributed by atoms with Crippen molar-refractivity contribution in [3.8, 4) is 11.1 Å². The Morgan fingerprint density at radius 2 is 1.33 bits per heavy atom. The molecule has 0 N–H and O–H groups in total. The van der Waals surface area contributed by atoms with Gasteiger partial charge in [-0.05, 0) is 78.8 Å². The molecule has 2 aromatic carbocycles. The van der Waals surface area contributed by atoms with Crippen molar-refractivity contribution < 1.29 is 0 Å². The van der Waals surface area contributed by atoms with E-state index in [9.17, 15) is 0 Å². The fourth-order valence-electron chi connectivity index (χ4n) is 4.27. The van der Waals surface area contributed by atoms with E-state index in [1.165, 1.54) is 67.6 Å². The first-order valence-corrected chi connectivity index (χ1v) is 10.8. The Balaban J connectivity index is 1.46. The molecule has 0 atom stereocenters. The molecule has 0 saturated carbocycles. The Labute approximate surface area is 166 Å². The minimum Gasteiger partial charge on any atom is -0.303 e.